The minimum Gasteiger partial charge on any atom is -0.451 e. The van der Waals surface area contributed by atoms with Crippen LogP contribution in [0, 0.1) is 0 Å². The molecule has 0 bridgehead atoms. The molecule has 1 amide bonds. The van der Waals surface area contributed by atoms with Crippen LogP contribution in [0.15, 0.2) is 89.6 Å². The monoisotopic (exact) mass is 384 g/mol. The maximum absolute atomic E-state index is 13.4. The lowest BCUT2D eigenvalue weighted by atomic mass is 10.0. The lowest BCUT2D eigenvalue weighted by Gasteiger charge is -2.29. The molecule has 2 aromatic carbocycles. The second-order valence-corrected chi connectivity index (χ2v) is 7.31. The number of carbonyl (C=O) groups is 1. The van der Waals surface area contributed by atoms with Crippen molar-refractivity contribution in [3.8, 4) is 0 Å². The van der Waals surface area contributed by atoms with Crippen molar-refractivity contribution >= 4 is 16.9 Å². The average Bonchev–Trinajstić information content (AvgIpc) is 3.21. The van der Waals surface area contributed by atoms with Crippen LogP contribution in [0.1, 0.15) is 35.0 Å². The summed E-state index contributed by atoms with van der Waals surface area (Å²) >= 11 is 0. The molecule has 1 atom stereocenters. The highest BCUT2D eigenvalue weighted by Gasteiger charge is 2.24. The van der Waals surface area contributed by atoms with Gasteiger partial charge in [-0.25, -0.2) is 0 Å². The van der Waals surface area contributed by atoms with Gasteiger partial charge in [-0.05, 0) is 55.2 Å². The summed E-state index contributed by atoms with van der Waals surface area (Å²) in [5, 5.41) is 0.941. The van der Waals surface area contributed by atoms with E-state index in [4.69, 9.17) is 4.42 Å². The van der Waals surface area contributed by atoms with E-state index in [2.05, 4.69) is 24.0 Å². The number of benzene rings is 2. The minimum absolute atomic E-state index is 0.0593. The van der Waals surface area contributed by atoms with Crippen LogP contribution in [0.2, 0.25) is 0 Å². The van der Waals surface area contributed by atoms with Crippen molar-refractivity contribution in [2.24, 2.45) is 0 Å². The highest BCUT2D eigenvalue weighted by molar-refractivity contribution is 5.96. The van der Waals surface area contributed by atoms with Crippen molar-refractivity contribution in [1.29, 1.82) is 0 Å². The Morgan fingerprint density at radius 1 is 0.966 bits per heavy atom. The number of hydrogen-bond donors (Lipinski definition) is 0. The predicted octanol–water partition coefficient (Wildman–Crippen LogP) is 5.49. The number of rotatable bonds is 7. The van der Waals surface area contributed by atoms with E-state index >= 15 is 0 Å². The first-order chi connectivity index (χ1) is 14.2. The van der Waals surface area contributed by atoms with Gasteiger partial charge in [0.15, 0.2) is 5.76 Å². The fourth-order valence-electron chi connectivity index (χ4n) is 3.52. The number of furan rings is 1. The molecule has 29 heavy (non-hydrogen) atoms. The maximum Gasteiger partial charge on any atom is 0.290 e. The van der Waals surface area contributed by atoms with Gasteiger partial charge in [0.2, 0.25) is 0 Å². The zero-order chi connectivity index (χ0) is 20.1. The van der Waals surface area contributed by atoms with Crippen molar-refractivity contribution in [2.75, 3.05) is 0 Å². The van der Waals surface area contributed by atoms with Gasteiger partial charge in [0.25, 0.3) is 5.91 Å². The van der Waals surface area contributed by atoms with E-state index in [1.54, 1.807) is 12.4 Å². The molecule has 0 aliphatic heterocycles. The lowest BCUT2D eigenvalue weighted by molar-refractivity contribution is 0.0637. The zero-order valence-corrected chi connectivity index (χ0v) is 16.5. The summed E-state index contributed by atoms with van der Waals surface area (Å²) in [6.45, 7) is 2.62. The third-order valence-corrected chi connectivity index (χ3v) is 5.23. The number of para-hydroxylation sites is 1. The Labute approximate surface area is 170 Å². The van der Waals surface area contributed by atoms with E-state index in [1.165, 1.54) is 5.56 Å². The summed E-state index contributed by atoms with van der Waals surface area (Å²) in [5.41, 5.74) is 3.06. The molecule has 0 aliphatic carbocycles. The predicted molar refractivity (Wildman–Crippen MR) is 115 cm³/mol. The number of hydrogen-bond acceptors (Lipinski definition) is 3. The van der Waals surface area contributed by atoms with Crippen LogP contribution in [-0.4, -0.2) is 21.8 Å². The Morgan fingerprint density at radius 3 is 2.45 bits per heavy atom. The molecule has 0 radical (unpaired) electrons. The Bertz CT molecular complexity index is 1040. The van der Waals surface area contributed by atoms with Crippen molar-refractivity contribution in [3.05, 3.63) is 102 Å². The van der Waals surface area contributed by atoms with Crippen LogP contribution in [-0.2, 0) is 13.0 Å². The molecular formula is C25H24N2O2. The fraction of sp³-hybridized carbons (Fsp3) is 0.200. The second kappa shape index (κ2) is 8.74. The summed E-state index contributed by atoms with van der Waals surface area (Å²) in [5.74, 6) is 0.297. The van der Waals surface area contributed by atoms with Crippen LogP contribution in [0.25, 0.3) is 11.0 Å². The number of aromatic nitrogens is 1. The molecular weight excluding hydrogens is 360 g/mol. The third-order valence-electron chi connectivity index (χ3n) is 5.23. The van der Waals surface area contributed by atoms with Crippen molar-refractivity contribution in [1.82, 2.24) is 9.88 Å². The molecule has 0 spiro atoms. The molecule has 146 valence electrons. The molecule has 4 heteroatoms. The van der Waals surface area contributed by atoms with Gasteiger partial charge in [0, 0.05) is 30.4 Å². The molecule has 0 saturated heterocycles. The topological polar surface area (TPSA) is 46.3 Å². The largest absolute Gasteiger partial charge is 0.451 e. The number of aryl methyl sites for hydroxylation is 1. The lowest BCUT2D eigenvalue weighted by Crippen LogP contribution is -2.38. The fourth-order valence-corrected chi connectivity index (χ4v) is 3.52. The van der Waals surface area contributed by atoms with E-state index < -0.39 is 0 Å². The molecule has 0 N–H and O–H groups in total. The van der Waals surface area contributed by atoms with Gasteiger partial charge < -0.3 is 9.32 Å². The Morgan fingerprint density at radius 2 is 1.69 bits per heavy atom. The summed E-state index contributed by atoms with van der Waals surface area (Å²) in [4.78, 5) is 19.4. The van der Waals surface area contributed by atoms with E-state index in [1.807, 2.05) is 65.6 Å². The zero-order valence-electron chi connectivity index (χ0n) is 16.5. The molecule has 0 unspecified atom stereocenters. The summed E-state index contributed by atoms with van der Waals surface area (Å²) in [6, 6.07) is 23.9. The van der Waals surface area contributed by atoms with Gasteiger partial charge in [-0.1, -0.05) is 48.5 Å². The van der Waals surface area contributed by atoms with Crippen LogP contribution in [0.4, 0.5) is 0 Å². The van der Waals surface area contributed by atoms with Crippen LogP contribution in [0.5, 0.6) is 0 Å². The summed E-state index contributed by atoms with van der Waals surface area (Å²) in [6.07, 6.45) is 5.31. The van der Waals surface area contributed by atoms with E-state index in [-0.39, 0.29) is 11.9 Å². The molecule has 2 heterocycles. The molecule has 0 fully saturated rings. The second-order valence-electron chi connectivity index (χ2n) is 7.31. The Kier molecular flexibility index (Phi) is 5.71. The number of fused-ring (bicyclic) bond motifs is 1. The molecule has 4 nitrogen and oxygen atoms in total. The average molecular weight is 384 g/mol. The van der Waals surface area contributed by atoms with E-state index in [0.29, 0.717) is 12.3 Å². The molecule has 2 aromatic heterocycles. The smallest absolute Gasteiger partial charge is 0.290 e. The first-order valence-electron chi connectivity index (χ1n) is 9.93. The Balaban J connectivity index is 1.57. The normalized spacial score (nSPS) is 12.0. The first kappa shape index (κ1) is 18.9. The van der Waals surface area contributed by atoms with Crippen molar-refractivity contribution in [3.63, 3.8) is 0 Å². The van der Waals surface area contributed by atoms with E-state index in [9.17, 15) is 4.79 Å². The van der Waals surface area contributed by atoms with Crippen molar-refractivity contribution in [2.45, 2.75) is 32.4 Å². The molecule has 0 aliphatic rings. The van der Waals surface area contributed by atoms with Gasteiger partial charge in [0.05, 0.1) is 0 Å². The van der Waals surface area contributed by atoms with Gasteiger partial charge in [-0.2, -0.15) is 0 Å². The Hall–Kier alpha value is -3.40. The first-order valence-corrected chi connectivity index (χ1v) is 9.93. The van der Waals surface area contributed by atoms with Gasteiger partial charge >= 0.3 is 0 Å². The SMILES string of the molecule is C[C@H](CCc1ccccc1)N(Cc1ccncc1)C(=O)c1cc2ccccc2o1. The minimum atomic E-state index is -0.0847. The number of amides is 1. The molecule has 0 saturated carbocycles. The quantitative estimate of drug-likeness (QED) is 0.423. The highest BCUT2D eigenvalue weighted by atomic mass is 16.3. The number of pyridine rings is 1. The number of carbonyl (C=O) groups excluding carboxylic acids is 1. The number of nitrogens with zero attached hydrogens (tertiary/aromatic N) is 2. The summed E-state index contributed by atoms with van der Waals surface area (Å²) in [7, 11) is 0. The van der Waals surface area contributed by atoms with Crippen LogP contribution < -0.4 is 0 Å². The molecule has 4 rings (SSSR count). The van der Waals surface area contributed by atoms with Gasteiger partial charge in [-0.15, -0.1) is 0 Å². The van der Waals surface area contributed by atoms with Crippen LogP contribution >= 0.6 is 0 Å². The van der Waals surface area contributed by atoms with E-state index in [0.717, 1.165) is 29.4 Å². The molecule has 4 aromatic rings. The summed E-state index contributed by atoms with van der Waals surface area (Å²) < 4.78 is 5.86. The third kappa shape index (κ3) is 4.54. The van der Waals surface area contributed by atoms with Crippen LogP contribution in [0.3, 0.4) is 0 Å². The maximum atomic E-state index is 13.4. The standard InChI is InChI=1S/C25H24N2O2/c1-19(11-12-20-7-3-2-4-8-20)27(18-21-13-15-26-16-14-21)25(28)24-17-22-9-5-6-10-23(22)29-24/h2-10,13-17,19H,11-12,18H2,1H3/t19-/m1/s1. The highest BCUT2D eigenvalue weighted by Crippen LogP contribution is 2.23. The van der Waals surface area contributed by atoms with Gasteiger partial charge in [-0.3, -0.25) is 9.78 Å². The van der Waals surface area contributed by atoms with Gasteiger partial charge in [0.1, 0.15) is 5.58 Å². The van der Waals surface area contributed by atoms with Crippen molar-refractivity contribution < 1.29 is 9.21 Å².